The summed E-state index contributed by atoms with van der Waals surface area (Å²) >= 11 is 7.87. The zero-order chi connectivity index (χ0) is 22.2. The average Bonchev–Trinajstić information content (AvgIpc) is 2.78. The van der Waals surface area contributed by atoms with E-state index in [9.17, 15) is 9.59 Å². The summed E-state index contributed by atoms with van der Waals surface area (Å²) in [5.41, 5.74) is 3.07. The second kappa shape index (κ2) is 11.6. The molecular weight excluding hydrogens is 430 g/mol. The highest BCUT2D eigenvalue weighted by Crippen LogP contribution is 2.33. The number of carbonyl (C=O) groups excluding carboxylic acids is 2. The van der Waals surface area contributed by atoms with Gasteiger partial charge in [-0.3, -0.25) is 14.5 Å². The van der Waals surface area contributed by atoms with Gasteiger partial charge in [-0.05, 0) is 36.6 Å². The van der Waals surface area contributed by atoms with Crippen LogP contribution in [0, 0.1) is 0 Å². The fraction of sp³-hybridized carbons (Fsp3) is 0.417. The molecule has 0 spiro atoms. The lowest BCUT2D eigenvalue weighted by atomic mass is 10.1. The highest BCUT2D eigenvalue weighted by Gasteiger charge is 2.23. The number of amides is 2. The molecule has 0 bridgehead atoms. The predicted octanol–water partition coefficient (Wildman–Crippen LogP) is 4.48. The number of nitrogens with zero attached hydrogens (tertiary/aromatic N) is 2. The number of hydrogen-bond donors (Lipinski definition) is 1. The Balaban J connectivity index is 1.41. The van der Waals surface area contributed by atoms with Crippen LogP contribution in [0.3, 0.4) is 0 Å². The Hall–Kier alpha value is -2.02. The van der Waals surface area contributed by atoms with Crippen molar-refractivity contribution in [3.05, 3.63) is 64.7 Å². The summed E-state index contributed by atoms with van der Waals surface area (Å²) in [6.45, 7) is 7.22. The Morgan fingerprint density at radius 3 is 2.45 bits per heavy atom. The molecule has 5 nitrogen and oxygen atoms in total. The maximum atomic E-state index is 12.6. The van der Waals surface area contributed by atoms with E-state index in [4.69, 9.17) is 11.6 Å². The minimum atomic E-state index is -0.00945. The van der Waals surface area contributed by atoms with Gasteiger partial charge in [0.05, 0.1) is 12.3 Å². The van der Waals surface area contributed by atoms with Crippen molar-refractivity contribution in [2.24, 2.45) is 0 Å². The van der Waals surface area contributed by atoms with E-state index < -0.39 is 0 Å². The zero-order valence-electron chi connectivity index (χ0n) is 18.1. The second-order valence-corrected chi connectivity index (χ2v) is 9.43. The maximum absolute atomic E-state index is 12.6. The molecular formula is C24H30ClN3O2S. The number of anilines is 1. The predicted molar refractivity (Wildman–Crippen MR) is 130 cm³/mol. The van der Waals surface area contributed by atoms with Crippen LogP contribution < -0.4 is 5.32 Å². The van der Waals surface area contributed by atoms with Crippen molar-refractivity contribution in [1.29, 1.82) is 0 Å². The minimum Gasteiger partial charge on any atom is -0.339 e. The normalized spacial score (nSPS) is 15.5. The second-order valence-electron chi connectivity index (χ2n) is 7.69. The van der Waals surface area contributed by atoms with Crippen LogP contribution in [0.1, 0.15) is 30.2 Å². The van der Waals surface area contributed by atoms with Crippen LogP contribution in [0.5, 0.6) is 0 Å². The Morgan fingerprint density at radius 1 is 1.06 bits per heavy atom. The first-order chi connectivity index (χ1) is 15.0. The molecule has 3 rings (SSSR count). The van der Waals surface area contributed by atoms with E-state index in [2.05, 4.69) is 24.1 Å². The molecule has 1 aliphatic heterocycles. The standard InChI is InChI=1S/C24H30ClN3O2S/c1-3-19-8-4-7-11-22(19)26-23(29)16-27-12-14-28(15-13-27)24(30)17-31-18(2)20-9-5-6-10-21(20)25/h4-11,18H,3,12-17H2,1-2H3,(H,26,29). The average molecular weight is 460 g/mol. The van der Waals surface area contributed by atoms with E-state index in [-0.39, 0.29) is 17.1 Å². The van der Waals surface area contributed by atoms with Crippen LogP contribution in [0.4, 0.5) is 5.69 Å². The third-order valence-corrected chi connectivity index (χ3v) is 7.08. The molecule has 1 atom stereocenters. The van der Waals surface area contributed by atoms with Gasteiger partial charge in [-0.15, -0.1) is 11.8 Å². The molecule has 0 aliphatic carbocycles. The van der Waals surface area contributed by atoms with E-state index in [1.54, 1.807) is 11.8 Å². The van der Waals surface area contributed by atoms with E-state index in [0.29, 0.717) is 38.5 Å². The molecule has 1 aliphatic rings. The summed E-state index contributed by atoms with van der Waals surface area (Å²) in [5, 5.41) is 3.92. The van der Waals surface area contributed by atoms with Crippen molar-refractivity contribution in [3.8, 4) is 0 Å². The van der Waals surface area contributed by atoms with Gasteiger partial charge < -0.3 is 10.2 Å². The highest BCUT2D eigenvalue weighted by atomic mass is 35.5. The van der Waals surface area contributed by atoms with Crippen LogP contribution >= 0.6 is 23.4 Å². The quantitative estimate of drug-likeness (QED) is 0.632. The molecule has 2 amide bonds. The smallest absolute Gasteiger partial charge is 0.238 e. The Kier molecular flexibility index (Phi) is 8.81. The van der Waals surface area contributed by atoms with Crippen molar-refractivity contribution in [2.75, 3.05) is 43.8 Å². The summed E-state index contributed by atoms with van der Waals surface area (Å²) in [4.78, 5) is 29.1. The minimum absolute atomic E-state index is 0.00945. The molecule has 1 N–H and O–H groups in total. The molecule has 1 fully saturated rings. The number of piperazine rings is 1. The maximum Gasteiger partial charge on any atom is 0.238 e. The Morgan fingerprint density at radius 2 is 1.74 bits per heavy atom. The molecule has 0 radical (unpaired) electrons. The summed E-state index contributed by atoms with van der Waals surface area (Å²) in [6, 6.07) is 15.7. The fourth-order valence-electron chi connectivity index (χ4n) is 3.68. The summed E-state index contributed by atoms with van der Waals surface area (Å²) in [7, 11) is 0. The first-order valence-electron chi connectivity index (χ1n) is 10.7. The van der Waals surface area contributed by atoms with Crippen molar-refractivity contribution in [1.82, 2.24) is 9.80 Å². The van der Waals surface area contributed by atoms with E-state index >= 15 is 0 Å². The number of carbonyl (C=O) groups is 2. The third kappa shape index (κ3) is 6.73. The van der Waals surface area contributed by atoms with Gasteiger partial charge in [0.1, 0.15) is 0 Å². The first kappa shape index (κ1) is 23.6. The Labute approximate surface area is 194 Å². The van der Waals surface area contributed by atoms with Crippen molar-refractivity contribution < 1.29 is 9.59 Å². The van der Waals surface area contributed by atoms with E-state index in [1.807, 2.05) is 53.4 Å². The number of aryl methyl sites for hydroxylation is 1. The lowest BCUT2D eigenvalue weighted by molar-refractivity contribution is -0.130. The number of rotatable bonds is 8. The van der Waals surface area contributed by atoms with Crippen molar-refractivity contribution >= 4 is 40.9 Å². The summed E-state index contributed by atoms with van der Waals surface area (Å²) in [6.07, 6.45) is 0.879. The molecule has 0 aromatic heterocycles. The van der Waals surface area contributed by atoms with Gasteiger partial charge in [0, 0.05) is 42.1 Å². The lowest BCUT2D eigenvalue weighted by Gasteiger charge is -2.34. The van der Waals surface area contributed by atoms with Crippen LogP contribution in [0.25, 0.3) is 0 Å². The van der Waals surface area contributed by atoms with Crippen molar-refractivity contribution in [3.63, 3.8) is 0 Å². The fourth-order valence-corrected chi connectivity index (χ4v) is 5.01. The van der Waals surface area contributed by atoms with E-state index in [1.165, 1.54) is 0 Å². The first-order valence-corrected chi connectivity index (χ1v) is 12.1. The highest BCUT2D eigenvalue weighted by molar-refractivity contribution is 8.00. The SMILES string of the molecule is CCc1ccccc1NC(=O)CN1CCN(C(=O)CSC(C)c2ccccc2Cl)CC1. The lowest BCUT2D eigenvalue weighted by Crippen LogP contribution is -2.51. The van der Waals surface area contributed by atoms with Gasteiger partial charge in [0.25, 0.3) is 0 Å². The number of nitrogens with one attached hydrogen (secondary N) is 1. The largest absolute Gasteiger partial charge is 0.339 e. The van der Waals surface area contributed by atoms with Crippen molar-refractivity contribution in [2.45, 2.75) is 25.5 Å². The van der Waals surface area contributed by atoms with Gasteiger partial charge in [0.2, 0.25) is 11.8 Å². The third-order valence-electron chi connectivity index (χ3n) is 5.56. The molecule has 0 saturated carbocycles. The summed E-state index contributed by atoms with van der Waals surface area (Å²) < 4.78 is 0. The van der Waals surface area contributed by atoms with Gasteiger partial charge in [-0.1, -0.05) is 54.9 Å². The number of halogens is 1. The molecule has 7 heteroatoms. The zero-order valence-corrected chi connectivity index (χ0v) is 19.7. The molecule has 1 unspecified atom stereocenters. The number of benzene rings is 2. The Bertz CT molecular complexity index is 900. The van der Waals surface area contributed by atoms with Gasteiger partial charge >= 0.3 is 0 Å². The van der Waals surface area contributed by atoms with Crippen LogP contribution in [0.2, 0.25) is 5.02 Å². The molecule has 1 heterocycles. The van der Waals surface area contributed by atoms with E-state index in [0.717, 1.165) is 28.3 Å². The molecule has 2 aromatic carbocycles. The van der Waals surface area contributed by atoms with Gasteiger partial charge in [0.15, 0.2) is 0 Å². The molecule has 166 valence electrons. The molecule has 31 heavy (non-hydrogen) atoms. The van der Waals surface area contributed by atoms with Gasteiger partial charge in [-0.25, -0.2) is 0 Å². The van der Waals surface area contributed by atoms with Crippen LogP contribution in [0.15, 0.2) is 48.5 Å². The van der Waals surface area contributed by atoms with Crippen LogP contribution in [-0.2, 0) is 16.0 Å². The van der Waals surface area contributed by atoms with Crippen LogP contribution in [-0.4, -0.2) is 60.1 Å². The molecule has 1 saturated heterocycles. The number of thioether (sulfide) groups is 1. The summed E-state index contributed by atoms with van der Waals surface area (Å²) in [5.74, 6) is 0.565. The molecule has 2 aromatic rings. The number of hydrogen-bond acceptors (Lipinski definition) is 4. The van der Waals surface area contributed by atoms with Gasteiger partial charge in [-0.2, -0.15) is 0 Å². The topological polar surface area (TPSA) is 52.7 Å². The monoisotopic (exact) mass is 459 g/mol. The number of para-hydroxylation sites is 1.